The molecular formula is C27H36Cl2N8O2. The van der Waals surface area contributed by atoms with Crippen molar-refractivity contribution in [3.05, 3.63) is 45.2 Å². The van der Waals surface area contributed by atoms with Crippen LogP contribution in [0.5, 0.6) is 0 Å². The molecule has 2 aliphatic heterocycles. The molecule has 1 aromatic carbocycles. The Bertz CT molecular complexity index is 1230. The van der Waals surface area contributed by atoms with Crippen LogP contribution < -0.4 is 21.7 Å². The molecule has 2 amide bonds. The quantitative estimate of drug-likeness (QED) is 0.438. The Hall–Kier alpha value is -2.66. The van der Waals surface area contributed by atoms with Gasteiger partial charge in [-0.1, -0.05) is 36.2 Å². The number of halogens is 2. The van der Waals surface area contributed by atoms with Crippen LogP contribution in [0, 0.1) is 0 Å². The number of benzene rings is 1. The zero-order chi connectivity index (χ0) is 27.7. The second-order valence-corrected chi connectivity index (χ2v) is 11.5. The number of rotatable bonds is 8. The number of piperazine rings is 1. The number of nitrogen functional groups attached to an aromatic ring is 1. The highest BCUT2D eigenvalue weighted by molar-refractivity contribution is 6.32. The van der Waals surface area contributed by atoms with Gasteiger partial charge in [0.1, 0.15) is 0 Å². The van der Waals surface area contributed by atoms with Gasteiger partial charge in [0.2, 0.25) is 5.91 Å². The SMILES string of the molecule is CC[C@H]1CN(c2nc(N)c(C(=O)NC3CC3)nc2Cl)CCN1C1CCN(Cc2ccc(Cl)cc2C(N)=O)CC1. The molecule has 0 spiro atoms. The Labute approximate surface area is 239 Å². The van der Waals surface area contributed by atoms with Gasteiger partial charge in [-0.25, -0.2) is 9.97 Å². The van der Waals surface area contributed by atoms with E-state index in [4.69, 9.17) is 34.7 Å². The maximum atomic E-state index is 12.5. The van der Waals surface area contributed by atoms with Gasteiger partial charge in [-0.3, -0.25) is 19.4 Å². The smallest absolute Gasteiger partial charge is 0.274 e. The molecule has 5 N–H and O–H groups in total. The summed E-state index contributed by atoms with van der Waals surface area (Å²) in [5.74, 6) is -0.122. The van der Waals surface area contributed by atoms with Crippen molar-refractivity contribution in [2.45, 2.75) is 63.7 Å². The first-order valence-electron chi connectivity index (χ1n) is 13.7. The molecule has 1 atom stereocenters. The number of aromatic nitrogens is 2. The summed E-state index contributed by atoms with van der Waals surface area (Å²) in [5, 5.41) is 3.61. The van der Waals surface area contributed by atoms with Crippen molar-refractivity contribution in [3.63, 3.8) is 0 Å². The minimum absolute atomic E-state index is 0.0923. The van der Waals surface area contributed by atoms with Crippen LogP contribution in [0.1, 0.15) is 65.4 Å². The summed E-state index contributed by atoms with van der Waals surface area (Å²) >= 11 is 12.6. The molecule has 210 valence electrons. The lowest BCUT2D eigenvalue weighted by Crippen LogP contribution is -2.58. The lowest BCUT2D eigenvalue weighted by Gasteiger charge is -2.47. The first-order valence-corrected chi connectivity index (χ1v) is 14.4. The summed E-state index contributed by atoms with van der Waals surface area (Å²) in [5.41, 5.74) is 13.2. The molecule has 1 saturated carbocycles. The second-order valence-electron chi connectivity index (χ2n) is 10.7. The van der Waals surface area contributed by atoms with E-state index in [1.807, 2.05) is 12.1 Å². The number of nitrogens with one attached hydrogen (secondary N) is 1. The van der Waals surface area contributed by atoms with Gasteiger partial charge >= 0.3 is 0 Å². The van der Waals surface area contributed by atoms with E-state index in [0.717, 1.165) is 70.4 Å². The maximum absolute atomic E-state index is 12.5. The van der Waals surface area contributed by atoms with Gasteiger partial charge in [0.05, 0.1) is 0 Å². The number of primary amides is 1. The highest BCUT2D eigenvalue weighted by Gasteiger charge is 2.35. The Kier molecular flexibility index (Phi) is 8.46. The highest BCUT2D eigenvalue weighted by atomic mass is 35.5. The van der Waals surface area contributed by atoms with E-state index in [9.17, 15) is 9.59 Å². The molecule has 0 bridgehead atoms. The molecule has 39 heavy (non-hydrogen) atoms. The topological polar surface area (TPSA) is 134 Å². The number of nitrogens with zero attached hydrogens (tertiary/aromatic N) is 5. The van der Waals surface area contributed by atoms with E-state index >= 15 is 0 Å². The molecule has 3 aliphatic rings. The van der Waals surface area contributed by atoms with Crippen LogP contribution in [-0.4, -0.2) is 82.4 Å². The summed E-state index contributed by atoms with van der Waals surface area (Å²) < 4.78 is 0. The van der Waals surface area contributed by atoms with Gasteiger partial charge in [-0.05, 0) is 62.9 Å². The van der Waals surface area contributed by atoms with Crippen LogP contribution in [0.3, 0.4) is 0 Å². The minimum atomic E-state index is -0.450. The average Bonchev–Trinajstić information content (AvgIpc) is 3.74. The molecule has 0 radical (unpaired) electrons. The molecule has 0 unspecified atom stereocenters. The standard InChI is InChI=1S/C27H36Cl2N8O2/c1-2-19-15-36(26-23(29)33-22(24(30)34-26)27(39)32-18-5-6-18)11-12-37(19)20-7-9-35(10-8-20)14-16-3-4-17(28)13-21(16)25(31)38/h3-4,13,18-20H,2,5-12,14-15H2,1H3,(H2,30,34)(H2,31,38)(H,32,39)/t19-/m0/s1. The van der Waals surface area contributed by atoms with Gasteiger partial charge in [-0.2, -0.15) is 0 Å². The average molecular weight is 576 g/mol. The first kappa shape index (κ1) is 27.9. The van der Waals surface area contributed by atoms with Crippen molar-refractivity contribution in [1.29, 1.82) is 0 Å². The van der Waals surface area contributed by atoms with Crippen LogP contribution in [0.15, 0.2) is 18.2 Å². The number of amides is 2. The molecule has 12 heteroatoms. The van der Waals surface area contributed by atoms with Gasteiger partial charge in [0, 0.05) is 54.9 Å². The van der Waals surface area contributed by atoms with Gasteiger partial charge in [0.15, 0.2) is 22.5 Å². The minimum Gasteiger partial charge on any atom is -0.382 e. The molecule has 2 saturated heterocycles. The van der Waals surface area contributed by atoms with E-state index in [0.29, 0.717) is 35.0 Å². The van der Waals surface area contributed by atoms with Gasteiger partial charge < -0.3 is 21.7 Å². The lowest BCUT2D eigenvalue weighted by atomic mass is 9.97. The van der Waals surface area contributed by atoms with E-state index in [1.54, 1.807) is 6.07 Å². The van der Waals surface area contributed by atoms with Crippen LogP contribution in [0.4, 0.5) is 11.6 Å². The van der Waals surface area contributed by atoms with Crippen LogP contribution in [0.25, 0.3) is 0 Å². The summed E-state index contributed by atoms with van der Waals surface area (Å²) in [6, 6.07) is 6.38. The van der Waals surface area contributed by atoms with E-state index < -0.39 is 5.91 Å². The molecular weight excluding hydrogens is 539 g/mol. The largest absolute Gasteiger partial charge is 0.382 e. The predicted molar refractivity (Wildman–Crippen MR) is 153 cm³/mol. The van der Waals surface area contributed by atoms with Crippen molar-refractivity contribution in [3.8, 4) is 0 Å². The molecule has 3 fully saturated rings. The maximum Gasteiger partial charge on any atom is 0.274 e. The van der Waals surface area contributed by atoms with E-state index in [1.165, 1.54) is 0 Å². The zero-order valence-electron chi connectivity index (χ0n) is 22.2. The number of hydrogen-bond acceptors (Lipinski definition) is 8. The number of hydrogen-bond donors (Lipinski definition) is 3. The van der Waals surface area contributed by atoms with Crippen LogP contribution in [-0.2, 0) is 6.54 Å². The number of anilines is 2. The fraction of sp³-hybridized carbons (Fsp3) is 0.556. The summed E-state index contributed by atoms with van der Waals surface area (Å²) in [4.78, 5) is 40.3. The normalized spacial score (nSPS) is 21.2. The molecule has 10 nitrogen and oxygen atoms in total. The van der Waals surface area contributed by atoms with Crippen molar-refractivity contribution < 1.29 is 9.59 Å². The fourth-order valence-electron chi connectivity index (χ4n) is 5.74. The van der Waals surface area contributed by atoms with Crippen molar-refractivity contribution in [2.24, 2.45) is 5.73 Å². The third-order valence-corrected chi connectivity index (χ3v) is 8.54. The monoisotopic (exact) mass is 574 g/mol. The number of nitrogens with two attached hydrogens (primary N) is 2. The zero-order valence-corrected chi connectivity index (χ0v) is 23.7. The Morgan fingerprint density at radius 3 is 2.49 bits per heavy atom. The number of piperidine rings is 1. The third-order valence-electron chi connectivity index (χ3n) is 8.05. The summed E-state index contributed by atoms with van der Waals surface area (Å²) in [6.45, 7) is 7.18. The highest BCUT2D eigenvalue weighted by Crippen LogP contribution is 2.30. The second kappa shape index (κ2) is 11.8. The number of carbonyl (C=O) groups is 2. The van der Waals surface area contributed by atoms with Gasteiger partial charge in [0.25, 0.3) is 5.91 Å². The summed E-state index contributed by atoms with van der Waals surface area (Å²) in [7, 11) is 0. The van der Waals surface area contributed by atoms with Crippen molar-refractivity contribution >= 4 is 46.7 Å². The van der Waals surface area contributed by atoms with Crippen LogP contribution in [0.2, 0.25) is 10.2 Å². The van der Waals surface area contributed by atoms with Crippen molar-refractivity contribution in [1.82, 2.24) is 25.1 Å². The first-order chi connectivity index (χ1) is 18.7. The van der Waals surface area contributed by atoms with Crippen LogP contribution >= 0.6 is 23.2 Å². The van der Waals surface area contributed by atoms with Crippen molar-refractivity contribution in [2.75, 3.05) is 43.4 Å². The lowest BCUT2D eigenvalue weighted by molar-refractivity contribution is 0.0609. The fourth-order valence-corrected chi connectivity index (χ4v) is 6.16. The molecule has 1 aliphatic carbocycles. The molecule has 2 aromatic rings. The molecule has 5 rings (SSSR count). The Morgan fingerprint density at radius 2 is 1.82 bits per heavy atom. The number of likely N-dealkylation sites (tertiary alicyclic amines) is 1. The molecule has 1 aromatic heterocycles. The van der Waals surface area contributed by atoms with Gasteiger partial charge in [-0.15, -0.1) is 0 Å². The predicted octanol–water partition coefficient (Wildman–Crippen LogP) is 2.92. The Morgan fingerprint density at radius 1 is 1.08 bits per heavy atom. The molecule has 3 heterocycles. The van der Waals surface area contributed by atoms with E-state index in [-0.39, 0.29) is 28.6 Å². The Balaban J connectivity index is 1.19. The number of carbonyl (C=O) groups excluding carboxylic acids is 2. The third kappa shape index (κ3) is 6.40. The summed E-state index contributed by atoms with van der Waals surface area (Å²) in [6.07, 6.45) is 5.05. The van der Waals surface area contributed by atoms with E-state index in [2.05, 4.69) is 36.9 Å².